The summed E-state index contributed by atoms with van der Waals surface area (Å²) < 4.78 is 5.18. The third-order valence-electron chi connectivity index (χ3n) is 2.53. The highest BCUT2D eigenvalue weighted by molar-refractivity contribution is 7.08. The monoisotopic (exact) mass is 237 g/mol. The maximum absolute atomic E-state index is 5.84. The average Bonchev–Trinajstić information content (AvgIpc) is 2.86. The molecule has 0 aliphatic carbocycles. The molecule has 1 atom stereocenters. The summed E-state index contributed by atoms with van der Waals surface area (Å²) in [5.74, 6) is 1.28. The van der Waals surface area contributed by atoms with Gasteiger partial charge in [-0.3, -0.25) is 0 Å². The molecule has 2 rings (SSSR count). The summed E-state index contributed by atoms with van der Waals surface area (Å²) in [6, 6.07) is 0.0943. The van der Waals surface area contributed by atoms with Gasteiger partial charge in [0.15, 0.2) is 0 Å². The molecule has 2 aromatic rings. The van der Waals surface area contributed by atoms with Crippen LogP contribution in [0.15, 0.2) is 15.3 Å². The molecule has 1 unspecified atom stereocenters. The summed E-state index contributed by atoms with van der Waals surface area (Å²) in [5.41, 5.74) is 8.06. The Morgan fingerprint density at radius 3 is 2.94 bits per heavy atom. The number of aryl methyl sites for hydroxylation is 1. The third-order valence-corrected chi connectivity index (χ3v) is 3.39. The lowest BCUT2D eigenvalue weighted by Gasteiger charge is -2.02. The molecule has 4 nitrogen and oxygen atoms in total. The molecule has 5 heteroatoms. The first-order valence-electron chi connectivity index (χ1n) is 5.32. The summed E-state index contributed by atoms with van der Waals surface area (Å²) in [6.45, 7) is 4.09. The summed E-state index contributed by atoms with van der Waals surface area (Å²) >= 11 is 1.64. The topological polar surface area (TPSA) is 64.9 Å². The minimum absolute atomic E-state index is 0.0943. The quantitative estimate of drug-likeness (QED) is 0.886. The van der Waals surface area contributed by atoms with Gasteiger partial charge in [0.05, 0.1) is 0 Å². The fourth-order valence-electron chi connectivity index (χ4n) is 1.41. The van der Waals surface area contributed by atoms with Gasteiger partial charge in [-0.2, -0.15) is 16.3 Å². The van der Waals surface area contributed by atoms with E-state index in [1.165, 1.54) is 5.56 Å². The van der Waals surface area contributed by atoms with Crippen molar-refractivity contribution in [1.29, 1.82) is 0 Å². The molecule has 0 saturated carbocycles. The van der Waals surface area contributed by atoms with Crippen LogP contribution in [0, 0.1) is 6.92 Å². The molecule has 0 radical (unpaired) electrons. The number of nitrogens with two attached hydrogens (primary N) is 1. The van der Waals surface area contributed by atoms with Crippen molar-refractivity contribution in [2.24, 2.45) is 5.73 Å². The molecule has 0 aliphatic rings. The predicted molar refractivity (Wildman–Crippen MR) is 64.3 cm³/mol. The van der Waals surface area contributed by atoms with Crippen molar-refractivity contribution in [1.82, 2.24) is 10.1 Å². The van der Waals surface area contributed by atoms with Gasteiger partial charge in [0, 0.05) is 23.4 Å². The lowest BCUT2D eigenvalue weighted by atomic mass is 10.2. The molecular weight excluding hydrogens is 222 g/mol. The van der Waals surface area contributed by atoms with Gasteiger partial charge in [0.2, 0.25) is 11.7 Å². The Labute approximate surface area is 98.5 Å². The van der Waals surface area contributed by atoms with Gasteiger partial charge in [0.25, 0.3) is 0 Å². The molecule has 0 fully saturated rings. The Balaban J connectivity index is 2.17. The van der Waals surface area contributed by atoms with Crippen LogP contribution in [0.4, 0.5) is 0 Å². The van der Waals surface area contributed by atoms with E-state index < -0.39 is 0 Å². The molecule has 2 heterocycles. The zero-order valence-corrected chi connectivity index (χ0v) is 10.3. The first-order chi connectivity index (χ1) is 7.70. The number of hydrogen-bond acceptors (Lipinski definition) is 5. The van der Waals surface area contributed by atoms with E-state index in [-0.39, 0.29) is 6.04 Å². The van der Waals surface area contributed by atoms with E-state index in [1.807, 2.05) is 19.2 Å². The molecule has 0 bridgehead atoms. The third kappa shape index (κ3) is 2.31. The van der Waals surface area contributed by atoms with Crippen molar-refractivity contribution in [2.45, 2.75) is 32.7 Å². The molecule has 2 N–H and O–H groups in total. The minimum Gasteiger partial charge on any atom is -0.339 e. The van der Waals surface area contributed by atoms with E-state index in [0.717, 1.165) is 12.0 Å². The Bertz CT molecular complexity index is 463. The molecule has 0 saturated heterocycles. The zero-order chi connectivity index (χ0) is 11.5. The van der Waals surface area contributed by atoms with Crippen LogP contribution in [0.3, 0.4) is 0 Å². The fourth-order valence-corrected chi connectivity index (χ4v) is 2.23. The SMILES string of the molecule is CCC(N)Cc1nc(-c2cscc2C)no1. The number of nitrogens with zero attached hydrogens (tertiary/aromatic N) is 2. The van der Waals surface area contributed by atoms with Crippen molar-refractivity contribution in [2.75, 3.05) is 0 Å². The molecule has 0 spiro atoms. The first kappa shape index (κ1) is 11.3. The van der Waals surface area contributed by atoms with Crippen molar-refractivity contribution in [3.63, 3.8) is 0 Å². The van der Waals surface area contributed by atoms with Crippen LogP contribution in [-0.4, -0.2) is 16.2 Å². The van der Waals surface area contributed by atoms with Crippen LogP contribution >= 0.6 is 11.3 Å². The van der Waals surface area contributed by atoms with Gasteiger partial charge in [-0.05, 0) is 24.3 Å². The van der Waals surface area contributed by atoms with Gasteiger partial charge >= 0.3 is 0 Å². The van der Waals surface area contributed by atoms with Crippen LogP contribution < -0.4 is 5.73 Å². The number of hydrogen-bond donors (Lipinski definition) is 1. The largest absolute Gasteiger partial charge is 0.339 e. The van der Waals surface area contributed by atoms with Crippen molar-refractivity contribution in [3.05, 3.63) is 22.2 Å². The van der Waals surface area contributed by atoms with E-state index in [0.29, 0.717) is 18.1 Å². The molecule has 16 heavy (non-hydrogen) atoms. The highest BCUT2D eigenvalue weighted by atomic mass is 32.1. The Hall–Kier alpha value is -1.20. The fraction of sp³-hybridized carbons (Fsp3) is 0.455. The predicted octanol–water partition coefficient (Wildman–Crippen LogP) is 2.39. The van der Waals surface area contributed by atoms with Crippen molar-refractivity contribution >= 4 is 11.3 Å². The Morgan fingerprint density at radius 2 is 2.31 bits per heavy atom. The number of thiophene rings is 1. The van der Waals surface area contributed by atoms with E-state index in [2.05, 4.69) is 15.5 Å². The second kappa shape index (κ2) is 4.76. The second-order valence-corrected chi connectivity index (χ2v) is 4.60. The van der Waals surface area contributed by atoms with Crippen LogP contribution in [0.25, 0.3) is 11.4 Å². The van der Waals surface area contributed by atoms with Crippen LogP contribution in [0.1, 0.15) is 24.8 Å². The van der Waals surface area contributed by atoms with Gasteiger partial charge in [0.1, 0.15) is 0 Å². The van der Waals surface area contributed by atoms with Crippen LogP contribution in [-0.2, 0) is 6.42 Å². The second-order valence-electron chi connectivity index (χ2n) is 3.85. The summed E-state index contributed by atoms with van der Waals surface area (Å²) in [4.78, 5) is 4.35. The molecule has 0 aromatic carbocycles. The van der Waals surface area contributed by atoms with Gasteiger partial charge in [-0.1, -0.05) is 12.1 Å². The molecule has 2 aromatic heterocycles. The molecule has 86 valence electrons. The van der Waals surface area contributed by atoms with E-state index >= 15 is 0 Å². The van der Waals surface area contributed by atoms with Crippen LogP contribution in [0.5, 0.6) is 0 Å². The van der Waals surface area contributed by atoms with E-state index in [4.69, 9.17) is 10.3 Å². The van der Waals surface area contributed by atoms with E-state index in [9.17, 15) is 0 Å². The lowest BCUT2D eigenvalue weighted by molar-refractivity contribution is 0.368. The Kier molecular flexibility index (Phi) is 3.36. The highest BCUT2D eigenvalue weighted by Gasteiger charge is 2.13. The number of aromatic nitrogens is 2. The summed E-state index contributed by atoms with van der Waals surface area (Å²) in [6.07, 6.45) is 1.56. The van der Waals surface area contributed by atoms with Gasteiger partial charge in [-0.15, -0.1) is 0 Å². The molecule has 0 aliphatic heterocycles. The maximum Gasteiger partial charge on any atom is 0.228 e. The lowest BCUT2D eigenvalue weighted by Crippen LogP contribution is -2.21. The maximum atomic E-state index is 5.84. The first-order valence-corrected chi connectivity index (χ1v) is 6.26. The van der Waals surface area contributed by atoms with E-state index in [1.54, 1.807) is 11.3 Å². The van der Waals surface area contributed by atoms with Gasteiger partial charge in [-0.25, -0.2) is 0 Å². The standard InChI is InChI=1S/C11H15N3OS/c1-3-8(12)4-10-13-11(14-15-10)9-6-16-5-7(9)2/h5-6,8H,3-4,12H2,1-2H3. The van der Waals surface area contributed by atoms with Crippen LogP contribution in [0.2, 0.25) is 0 Å². The molecular formula is C11H15N3OS. The average molecular weight is 237 g/mol. The smallest absolute Gasteiger partial charge is 0.228 e. The minimum atomic E-state index is 0.0943. The molecule has 0 amide bonds. The van der Waals surface area contributed by atoms with Crippen molar-refractivity contribution in [3.8, 4) is 11.4 Å². The van der Waals surface area contributed by atoms with Gasteiger partial charge < -0.3 is 10.3 Å². The normalized spacial score (nSPS) is 12.9. The Morgan fingerprint density at radius 1 is 1.50 bits per heavy atom. The highest BCUT2D eigenvalue weighted by Crippen LogP contribution is 2.24. The zero-order valence-electron chi connectivity index (χ0n) is 9.43. The number of rotatable bonds is 4. The van der Waals surface area contributed by atoms with Crippen molar-refractivity contribution < 1.29 is 4.52 Å². The summed E-state index contributed by atoms with van der Waals surface area (Å²) in [5, 5.41) is 8.08. The summed E-state index contributed by atoms with van der Waals surface area (Å²) in [7, 11) is 0.